The fourth-order valence-corrected chi connectivity index (χ4v) is 2.02. The van der Waals surface area contributed by atoms with Crippen LogP contribution in [0.25, 0.3) is 0 Å². The molecule has 1 heteroatoms. The molecule has 0 fully saturated rings. The Labute approximate surface area is 92.8 Å². The summed E-state index contributed by atoms with van der Waals surface area (Å²) in [4.78, 5) is 0. The van der Waals surface area contributed by atoms with Gasteiger partial charge in [0.05, 0.1) is 7.11 Å². The topological polar surface area (TPSA) is 9.23 Å². The van der Waals surface area contributed by atoms with Crippen LogP contribution in [0.4, 0.5) is 0 Å². The van der Waals surface area contributed by atoms with Crippen molar-refractivity contribution in [2.45, 2.75) is 34.1 Å². The number of rotatable bonds is 3. The summed E-state index contributed by atoms with van der Waals surface area (Å²) in [5, 5.41) is 0. The largest absolute Gasteiger partial charge is 0.496 e. The van der Waals surface area contributed by atoms with Gasteiger partial charge in [0.15, 0.2) is 0 Å². The maximum Gasteiger partial charge on any atom is 0.125 e. The first-order valence-electron chi connectivity index (χ1n) is 5.28. The molecule has 0 atom stereocenters. The van der Waals surface area contributed by atoms with Crippen molar-refractivity contribution >= 4 is 0 Å². The molecule has 0 radical (unpaired) electrons. The van der Waals surface area contributed by atoms with Crippen LogP contribution in [-0.2, 0) is 6.42 Å². The van der Waals surface area contributed by atoms with E-state index in [4.69, 9.17) is 4.74 Å². The fourth-order valence-electron chi connectivity index (χ4n) is 2.02. The van der Waals surface area contributed by atoms with Crippen LogP contribution >= 0.6 is 0 Å². The molecular formula is C14H20O. The molecule has 0 heterocycles. The fraction of sp³-hybridized carbons (Fsp3) is 0.429. The van der Waals surface area contributed by atoms with Gasteiger partial charge in [-0.1, -0.05) is 6.08 Å². The molecular weight excluding hydrogens is 184 g/mol. The monoisotopic (exact) mass is 204 g/mol. The number of hydrogen-bond acceptors (Lipinski definition) is 1. The highest BCUT2D eigenvalue weighted by Crippen LogP contribution is 2.32. The zero-order valence-corrected chi connectivity index (χ0v) is 10.4. The summed E-state index contributed by atoms with van der Waals surface area (Å²) in [7, 11) is 1.74. The predicted molar refractivity (Wildman–Crippen MR) is 65.8 cm³/mol. The van der Waals surface area contributed by atoms with Crippen LogP contribution in [0.5, 0.6) is 5.75 Å². The van der Waals surface area contributed by atoms with Crippen molar-refractivity contribution in [2.75, 3.05) is 7.11 Å². The van der Waals surface area contributed by atoms with Crippen molar-refractivity contribution in [3.05, 3.63) is 40.5 Å². The van der Waals surface area contributed by atoms with Crippen LogP contribution in [0.15, 0.2) is 12.7 Å². The van der Waals surface area contributed by atoms with E-state index in [2.05, 4.69) is 34.3 Å². The van der Waals surface area contributed by atoms with Gasteiger partial charge < -0.3 is 4.74 Å². The first-order valence-corrected chi connectivity index (χ1v) is 5.28. The Balaban J connectivity index is 3.53. The van der Waals surface area contributed by atoms with Gasteiger partial charge in [0.1, 0.15) is 5.75 Å². The molecule has 1 nitrogen and oxygen atoms in total. The number of allylic oxidation sites excluding steroid dienone is 1. The Bertz CT molecular complexity index is 389. The van der Waals surface area contributed by atoms with Crippen molar-refractivity contribution in [2.24, 2.45) is 0 Å². The summed E-state index contributed by atoms with van der Waals surface area (Å²) in [6, 6.07) is 0. The Kier molecular flexibility index (Phi) is 3.57. The van der Waals surface area contributed by atoms with Crippen molar-refractivity contribution in [3.63, 3.8) is 0 Å². The molecule has 0 N–H and O–H groups in total. The van der Waals surface area contributed by atoms with Crippen molar-refractivity contribution in [1.29, 1.82) is 0 Å². The summed E-state index contributed by atoms with van der Waals surface area (Å²) >= 11 is 0. The minimum atomic E-state index is 0.872. The van der Waals surface area contributed by atoms with E-state index in [1.54, 1.807) is 7.11 Å². The van der Waals surface area contributed by atoms with Gasteiger partial charge >= 0.3 is 0 Å². The Hall–Kier alpha value is -1.24. The summed E-state index contributed by atoms with van der Waals surface area (Å²) < 4.78 is 5.50. The molecule has 1 aromatic carbocycles. The van der Waals surface area contributed by atoms with Gasteiger partial charge in [-0.2, -0.15) is 0 Å². The average molecular weight is 204 g/mol. The smallest absolute Gasteiger partial charge is 0.125 e. The molecule has 0 aliphatic rings. The molecule has 1 rings (SSSR count). The van der Waals surface area contributed by atoms with E-state index < -0.39 is 0 Å². The lowest BCUT2D eigenvalue weighted by Gasteiger charge is -2.18. The summed E-state index contributed by atoms with van der Waals surface area (Å²) in [5.74, 6) is 1.02. The highest BCUT2D eigenvalue weighted by molar-refractivity contribution is 5.54. The quantitative estimate of drug-likeness (QED) is 0.683. The maximum atomic E-state index is 5.50. The van der Waals surface area contributed by atoms with Crippen LogP contribution in [0.3, 0.4) is 0 Å². The lowest BCUT2D eigenvalue weighted by Crippen LogP contribution is -2.02. The molecule has 0 saturated heterocycles. The van der Waals surface area contributed by atoms with Gasteiger partial charge in [-0.05, 0) is 56.4 Å². The molecule has 15 heavy (non-hydrogen) atoms. The highest BCUT2D eigenvalue weighted by Gasteiger charge is 2.14. The SMILES string of the molecule is C=CCc1c(C)c(C)c(C)c(C)c1OC. The second-order valence-corrected chi connectivity index (χ2v) is 4.00. The molecule has 0 saturated carbocycles. The van der Waals surface area contributed by atoms with E-state index >= 15 is 0 Å². The zero-order chi connectivity index (χ0) is 11.6. The van der Waals surface area contributed by atoms with Gasteiger partial charge in [0.25, 0.3) is 0 Å². The standard InChI is InChI=1S/C14H20O/c1-7-8-13-11(4)9(2)10(3)12(5)14(13)15-6/h7H,1,8H2,2-6H3. The highest BCUT2D eigenvalue weighted by atomic mass is 16.5. The van der Waals surface area contributed by atoms with Gasteiger partial charge in [-0.25, -0.2) is 0 Å². The van der Waals surface area contributed by atoms with E-state index in [1.807, 2.05) is 6.08 Å². The number of ether oxygens (including phenoxy) is 1. The summed E-state index contributed by atoms with van der Waals surface area (Å²) in [6.45, 7) is 12.4. The molecule has 0 spiro atoms. The minimum absolute atomic E-state index is 0.872. The average Bonchev–Trinajstić information content (AvgIpc) is 2.24. The molecule has 0 aliphatic heterocycles. The van der Waals surface area contributed by atoms with Crippen LogP contribution in [0.1, 0.15) is 27.8 Å². The maximum absolute atomic E-state index is 5.50. The van der Waals surface area contributed by atoms with Crippen LogP contribution in [-0.4, -0.2) is 7.11 Å². The van der Waals surface area contributed by atoms with Crippen LogP contribution in [0, 0.1) is 27.7 Å². The number of benzene rings is 1. The third kappa shape index (κ3) is 1.92. The molecule has 0 bridgehead atoms. The Morgan fingerprint density at radius 1 is 1.00 bits per heavy atom. The predicted octanol–water partition coefficient (Wildman–Crippen LogP) is 3.66. The lowest BCUT2D eigenvalue weighted by molar-refractivity contribution is 0.406. The van der Waals surface area contributed by atoms with Gasteiger partial charge in [-0.3, -0.25) is 0 Å². The third-order valence-electron chi connectivity index (χ3n) is 3.31. The van der Waals surface area contributed by atoms with Crippen molar-refractivity contribution < 1.29 is 4.74 Å². The number of hydrogen-bond donors (Lipinski definition) is 0. The second kappa shape index (κ2) is 4.52. The zero-order valence-electron chi connectivity index (χ0n) is 10.4. The molecule has 0 amide bonds. The van der Waals surface area contributed by atoms with Gasteiger partial charge in [-0.15, -0.1) is 6.58 Å². The lowest BCUT2D eigenvalue weighted by atomic mass is 9.92. The first-order chi connectivity index (χ1) is 7.04. The van der Waals surface area contributed by atoms with E-state index in [0.717, 1.165) is 12.2 Å². The molecule has 0 aromatic heterocycles. The number of methoxy groups -OCH3 is 1. The minimum Gasteiger partial charge on any atom is -0.496 e. The summed E-state index contributed by atoms with van der Waals surface area (Å²) in [5.41, 5.74) is 6.54. The molecule has 0 unspecified atom stereocenters. The van der Waals surface area contributed by atoms with E-state index in [1.165, 1.54) is 27.8 Å². The van der Waals surface area contributed by atoms with Crippen molar-refractivity contribution in [1.82, 2.24) is 0 Å². The summed E-state index contributed by atoms with van der Waals surface area (Å²) in [6.07, 6.45) is 2.80. The Morgan fingerprint density at radius 2 is 1.53 bits per heavy atom. The first kappa shape index (κ1) is 11.8. The van der Waals surface area contributed by atoms with E-state index in [9.17, 15) is 0 Å². The van der Waals surface area contributed by atoms with Crippen molar-refractivity contribution in [3.8, 4) is 5.75 Å². The third-order valence-corrected chi connectivity index (χ3v) is 3.31. The normalized spacial score (nSPS) is 10.2. The van der Waals surface area contributed by atoms with Crippen LogP contribution < -0.4 is 4.74 Å². The van der Waals surface area contributed by atoms with Crippen LogP contribution in [0.2, 0.25) is 0 Å². The molecule has 0 aliphatic carbocycles. The second-order valence-electron chi connectivity index (χ2n) is 4.00. The van der Waals surface area contributed by atoms with E-state index in [-0.39, 0.29) is 0 Å². The molecule has 82 valence electrons. The molecule has 1 aromatic rings. The van der Waals surface area contributed by atoms with Gasteiger partial charge in [0.2, 0.25) is 0 Å². The van der Waals surface area contributed by atoms with E-state index in [0.29, 0.717) is 0 Å². The van der Waals surface area contributed by atoms with Gasteiger partial charge in [0, 0.05) is 5.56 Å². The Morgan fingerprint density at radius 3 is 2.00 bits per heavy atom.